The molecule has 2 amide bonds. The zero-order valence-corrected chi connectivity index (χ0v) is 14.7. The number of carbonyl (C=O) groups is 1. The smallest absolute Gasteiger partial charge is 0.315 e. The fourth-order valence-corrected chi connectivity index (χ4v) is 2.40. The van der Waals surface area contributed by atoms with Gasteiger partial charge in [-0.05, 0) is 31.4 Å². The van der Waals surface area contributed by atoms with Gasteiger partial charge in [0.05, 0.1) is 12.2 Å². The minimum Gasteiger partial charge on any atom is -0.464 e. The predicted molar refractivity (Wildman–Crippen MR) is 89.0 cm³/mol. The fraction of sp³-hybridized carbons (Fsp3) is 0.529. The predicted octanol–water partition coefficient (Wildman–Crippen LogP) is 3.22. The Bertz CT molecular complexity index is 679. The highest BCUT2D eigenvalue weighted by Gasteiger charge is 2.30. The highest BCUT2D eigenvalue weighted by Crippen LogP contribution is 2.33. The van der Waals surface area contributed by atoms with E-state index in [1.807, 2.05) is 33.0 Å². The molecule has 1 unspecified atom stereocenters. The molecule has 0 radical (unpaired) electrons. The highest BCUT2D eigenvalue weighted by molar-refractivity contribution is 5.74. The molecule has 0 bridgehead atoms. The average Bonchev–Trinajstić information content (AvgIpc) is 3.01. The number of rotatable bonds is 4. The number of aromatic nitrogens is 2. The number of carbonyl (C=O) groups excluding carboxylic acids is 1. The number of nitrogens with zero attached hydrogens (tertiary/aromatic N) is 2. The Labute approximate surface area is 137 Å². The van der Waals surface area contributed by atoms with Crippen LogP contribution in [0.15, 0.2) is 22.7 Å². The van der Waals surface area contributed by atoms with Crippen LogP contribution in [0.3, 0.4) is 0 Å². The Balaban J connectivity index is 2.02. The molecule has 2 aromatic rings. The largest absolute Gasteiger partial charge is 0.464 e. The average molecular weight is 318 g/mol. The van der Waals surface area contributed by atoms with Crippen LogP contribution in [0.4, 0.5) is 4.79 Å². The summed E-state index contributed by atoms with van der Waals surface area (Å²) >= 11 is 0. The summed E-state index contributed by atoms with van der Waals surface area (Å²) in [5.74, 6) is 1.60. The lowest BCUT2D eigenvalue weighted by molar-refractivity contribution is 0.206. The maximum atomic E-state index is 12.3. The van der Waals surface area contributed by atoms with Crippen molar-refractivity contribution >= 4 is 6.03 Å². The number of nitrogens with one attached hydrogen (secondary N) is 2. The number of amides is 2. The molecule has 126 valence electrons. The quantitative estimate of drug-likeness (QED) is 0.909. The number of hydrogen-bond acceptors (Lipinski definition) is 3. The topological polar surface area (TPSA) is 72.1 Å². The van der Waals surface area contributed by atoms with E-state index in [0.29, 0.717) is 6.54 Å². The van der Waals surface area contributed by atoms with Crippen LogP contribution < -0.4 is 10.6 Å². The highest BCUT2D eigenvalue weighted by atomic mass is 16.3. The third kappa shape index (κ3) is 4.15. The van der Waals surface area contributed by atoms with Crippen molar-refractivity contribution in [1.29, 1.82) is 0 Å². The number of urea groups is 1. The molecule has 0 aliphatic rings. The zero-order valence-electron chi connectivity index (χ0n) is 14.7. The van der Waals surface area contributed by atoms with E-state index in [1.54, 1.807) is 10.9 Å². The van der Waals surface area contributed by atoms with Gasteiger partial charge in [0.2, 0.25) is 0 Å². The van der Waals surface area contributed by atoms with Gasteiger partial charge in [-0.2, -0.15) is 5.10 Å². The first-order valence-corrected chi connectivity index (χ1v) is 7.76. The normalized spacial score (nSPS) is 13.0. The first-order valence-electron chi connectivity index (χ1n) is 7.76. The fourth-order valence-electron chi connectivity index (χ4n) is 2.40. The summed E-state index contributed by atoms with van der Waals surface area (Å²) in [6.07, 6.45) is 1.77. The second-order valence-corrected chi connectivity index (χ2v) is 6.95. The van der Waals surface area contributed by atoms with Crippen molar-refractivity contribution in [3.05, 3.63) is 41.1 Å². The molecule has 0 aliphatic heterocycles. The van der Waals surface area contributed by atoms with E-state index in [4.69, 9.17) is 4.42 Å². The zero-order chi connectivity index (χ0) is 17.2. The molecule has 1 atom stereocenters. The molecule has 0 saturated carbocycles. The number of aryl methyl sites for hydroxylation is 2. The monoisotopic (exact) mass is 318 g/mol. The first-order chi connectivity index (χ1) is 10.7. The van der Waals surface area contributed by atoms with Crippen LogP contribution in [0.2, 0.25) is 0 Å². The van der Waals surface area contributed by atoms with E-state index in [1.165, 1.54) is 0 Å². The van der Waals surface area contributed by atoms with Crippen molar-refractivity contribution in [3.63, 3.8) is 0 Å². The first kappa shape index (κ1) is 17.1. The van der Waals surface area contributed by atoms with Crippen LogP contribution in [0, 0.1) is 19.3 Å². The lowest BCUT2D eigenvalue weighted by Crippen LogP contribution is -2.42. The van der Waals surface area contributed by atoms with Gasteiger partial charge in [0.25, 0.3) is 0 Å². The number of hydrogen-bond donors (Lipinski definition) is 2. The van der Waals surface area contributed by atoms with Gasteiger partial charge in [0.1, 0.15) is 11.5 Å². The molecule has 0 saturated heterocycles. The van der Waals surface area contributed by atoms with Gasteiger partial charge in [0, 0.05) is 24.8 Å². The summed E-state index contributed by atoms with van der Waals surface area (Å²) in [6, 6.07) is 3.40. The molecule has 0 spiro atoms. The van der Waals surface area contributed by atoms with Gasteiger partial charge in [0.15, 0.2) is 0 Å². The van der Waals surface area contributed by atoms with Crippen LogP contribution in [-0.2, 0) is 13.6 Å². The molecular formula is C17H26N4O2. The maximum absolute atomic E-state index is 12.3. The Hall–Kier alpha value is -2.24. The van der Waals surface area contributed by atoms with Crippen molar-refractivity contribution in [1.82, 2.24) is 20.4 Å². The summed E-state index contributed by atoms with van der Waals surface area (Å²) in [5.41, 5.74) is 1.88. The Kier molecular flexibility index (Phi) is 4.82. The van der Waals surface area contributed by atoms with E-state index >= 15 is 0 Å². The molecule has 6 heteroatoms. The molecule has 2 aromatic heterocycles. The Morgan fingerprint density at radius 1 is 1.35 bits per heavy atom. The van der Waals surface area contributed by atoms with Crippen molar-refractivity contribution in [2.45, 2.75) is 47.2 Å². The van der Waals surface area contributed by atoms with Crippen LogP contribution >= 0.6 is 0 Å². The lowest BCUT2D eigenvalue weighted by atomic mass is 9.85. The molecule has 2 rings (SSSR count). The SMILES string of the molecule is Cc1ccc(C(NC(=O)NCc2cnn(C)c2C)C(C)(C)C)o1. The second kappa shape index (κ2) is 6.48. The van der Waals surface area contributed by atoms with Gasteiger partial charge < -0.3 is 15.1 Å². The van der Waals surface area contributed by atoms with Gasteiger partial charge in [-0.15, -0.1) is 0 Å². The molecule has 0 fully saturated rings. The molecule has 2 N–H and O–H groups in total. The van der Waals surface area contributed by atoms with Gasteiger partial charge in [-0.25, -0.2) is 4.79 Å². The molecule has 0 aromatic carbocycles. The summed E-state index contributed by atoms with van der Waals surface area (Å²) in [5, 5.41) is 10.1. The van der Waals surface area contributed by atoms with Crippen molar-refractivity contribution in [3.8, 4) is 0 Å². The van der Waals surface area contributed by atoms with Gasteiger partial charge >= 0.3 is 6.03 Å². The van der Waals surface area contributed by atoms with Crippen LogP contribution in [0.1, 0.15) is 49.6 Å². The maximum Gasteiger partial charge on any atom is 0.315 e. The van der Waals surface area contributed by atoms with E-state index in [0.717, 1.165) is 22.8 Å². The molecule has 2 heterocycles. The van der Waals surface area contributed by atoms with Gasteiger partial charge in [-0.3, -0.25) is 4.68 Å². The van der Waals surface area contributed by atoms with Crippen LogP contribution in [0.5, 0.6) is 0 Å². The van der Waals surface area contributed by atoms with E-state index < -0.39 is 0 Å². The van der Waals surface area contributed by atoms with E-state index in [9.17, 15) is 4.79 Å². The summed E-state index contributed by atoms with van der Waals surface area (Å²) in [7, 11) is 1.88. The lowest BCUT2D eigenvalue weighted by Gasteiger charge is -2.29. The Morgan fingerprint density at radius 2 is 2.04 bits per heavy atom. The van der Waals surface area contributed by atoms with Crippen molar-refractivity contribution in [2.75, 3.05) is 0 Å². The van der Waals surface area contributed by atoms with Crippen molar-refractivity contribution in [2.24, 2.45) is 12.5 Å². The minimum atomic E-state index is -0.220. The summed E-state index contributed by atoms with van der Waals surface area (Å²) < 4.78 is 7.49. The molecule has 23 heavy (non-hydrogen) atoms. The third-order valence-electron chi connectivity index (χ3n) is 3.96. The molecule has 6 nitrogen and oxygen atoms in total. The van der Waals surface area contributed by atoms with E-state index in [-0.39, 0.29) is 17.5 Å². The Morgan fingerprint density at radius 3 is 2.52 bits per heavy atom. The second-order valence-electron chi connectivity index (χ2n) is 6.95. The summed E-state index contributed by atoms with van der Waals surface area (Å²) in [6.45, 7) is 10.5. The number of furan rings is 1. The summed E-state index contributed by atoms with van der Waals surface area (Å²) in [4.78, 5) is 12.3. The molecular weight excluding hydrogens is 292 g/mol. The van der Waals surface area contributed by atoms with Gasteiger partial charge in [-0.1, -0.05) is 20.8 Å². The van der Waals surface area contributed by atoms with E-state index in [2.05, 4.69) is 36.5 Å². The molecule has 0 aliphatic carbocycles. The van der Waals surface area contributed by atoms with Crippen LogP contribution in [-0.4, -0.2) is 15.8 Å². The minimum absolute atomic E-state index is 0.161. The standard InChI is InChI=1S/C17H26N4O2/c1-11-7-8-14(23-11)15(17(3,4)5)20-16(22)18-9-13-10-19-21(6)12(13)2/h7-8,10,15H,9H2,1-6H3,(H2,18,20,22). The van der Waals surface area contributed by atoms with Crippen molar-refractivity contribution < 1.29 is 9.21 Å². The van der Waals surface area contributed by atoms with Crippen LogP contribution in [0.25, 0.3) is 0 Å². The third-order valence-corrected chi connectivity index (χ3v) is 3.96.